The summed E-state index contributed by atoms with van der Waals surface area (Å²) in [6.45, 7) is 0.925. The Bertz CT molecular complexity index is 501. The Morgan fingerprint density at radius 2 is 2.05 bits per heavy atom. The van der Waals surface area contributed by atoms with Crippen LogP contribution in [0.25, 0.3) is 0 Å². The number of allylic oxidation sites excluding steroid dienone is 1. The fourth-order valence-electron chi connectivity index (χ4n) is 2.97. The quantitative estimate of drug-likeness (QED) is 0.789. The van der Waals surface area contributed by atoms with E-state index in [1.807, 2.05) is 19.2 Å². The second-order valence-electron chi connectivity index (χ2n) is 5.54. The van der Waals surface area contributed by atoms with Gasteiger partial charge >= 0.3 is 0 Å². The van der Waals surface area contributed by atoms with E-state index in [1.54, 1.807) is 14.2 Å². The van der Waals surface area contributed by atoms with E-state index in [2.05, 4.69) is 23.5 Å². The first-order valence-corrected chi connectivity index (χ1v) is 7.40. The molecule has 1 unspecified atom stereocenters. The Morgan fingerprint density at radius 1 is 1.29 bits per heavy atom. The highest BCUT2D eigenvalue weighted by molar-refractivity contribution is 5.47. The summed E-state index contributed by atoms with van der Waals surface area (Å²) in [5.74, 6) is 1.49. The highest BCUT2D eigenvalue weighted by Gasteiger charge is 2.32. The first kappa shape index (κ1) is 15.9. The van der Waals surface area contributed by atoms with Gasteiger partial charge in [-0.25, -0.2) is 0 Å². The Labute approximate surface area is 126 Å². The molecule has 2 N–H and O–H groups in total. The van der Waals surface area contributed by atoms with Crippen molar-refractivity contribution in [2.24, 2.45) is 0 Å². The predicted octanol–water partition coefficient (Wildman–Crippen LogP) is 2.26. The molecule has 4 nitrogen and oxygen atoms in total. The zero-order chi connectivity index (χ0) is 15.3. The summed E-state index contributed by atoms with van der Waals surface area (Å²) in [6.07, 6.45) is 6.45. The summed E-state index contributed by atoms with van der Waals surface area (Å²) < 4.78 is 10.7. The summed E-state index contributed by atoms with van der Waals surface area (Å²) in [5.41, 5.74) is 1.15. The second kappa shape index (κ2) is 6.96. The predicted molar refractivity (Wildman–Crippen MR) is 84.1 cm³/mol. The van der Waals surface area contributed by atoms with E-state index in [-0.39, 0.29) is 11.5 Å². The molecule has 1 aromatic carbocycles. The molecular weight excluding hydrogens is 266 g/mol. The molecule has 0 fully saturated rings. The molecule has 4 heteroatoms. The molecule has 2 rings (SSSR count). The lowest BCUT2D eigenvalue weighted by molar-refractivity contribution is 0.186. The smallest absolute Gasteiger partial charge is 0.161 e. The topological polar surface area (TPSA) is 50.7 Å². The second-order valence-corrected chi connectivity index (χ2v) is 5.54. The van der Waals surface area contributed by atoms with Crippen molar-refractivity contribution in [2.75, 3.05) is 27.8 Å². The molecule has 0 amide bonds. The van der Waals surface area contributed by atoms with Gasteiger partial charge in [-0.15, -0.1) is 0 Å². The third-order valence-electron chi connectivity index (χ3n) is 4.30. The molecule has 0 spiro atoms. The van der Waals surface area contributed by atoms with E-state index in [9.17, 15) is 5.11 Å². The van der Waals surface area contributed by atoms with Crippen molar-refractivity contribution in [1.82, 2.24) is 5.32 Å². The molecule has 1 aromatic rings. The number of hydrogen-bond donors (Lipinski definition) is 2. The van der Waals surface area contributed by atoms with Gasteiger partial charge in [-0.3, -0.25) is 0 Å². The van der Waals surface area contributed by atoms with Crippen molar-refractivity contribution < 1.29 is 14.6 Å². The maximum absolute atomic E-state index is 9.75. The van der Waals surface area contributed by atoms with Gasteiger partial charge in [-0.1, -0.05) is 18.2 Å². The Kier molecular flexibility index (Phi) is 5.26. The van der Waals surface area contributed by atoms with Crippen LogP contribution in [0.15, 0.2) is 30.4 Å². The number of methoxy groups -OCH3 is 2. The highest BCUT2D eigenvalue weighted by atomic mass is 16.5. The average Bonchev–Trinajstić information content (AvgIpc) is 2.54. The van der Waals surface area contributed by atoms with Crippen LogP contribution >= 0.6 is 0 Å². The van der Waals surface area contributed by atoms with E-state index in [0.29, 0.717) is 0 Å². The van der Waals surface area contributed by atoms with E-state index in [0.717, 1.165) is 37.3 Å². The number of ether oxygens (including phenoxy) is 2. The van der Waals surface area contributed by atoms with E-state index in [1.165, 1.54) is 5.56 Å². The fourth-order valence-corrected chi connectivity index (χ4v) is 2.97. The number of aliphatic hydroxyl groups excluding tert-OH is 1. The standard InChI is InChI=1S/C17H25NO3/c1-18-11-10-17(8-6-14(19)7-9-17)13-4-5-15(20-2)16(12-13)21-3/h4-6,8,12,14,18-19H,7,9-11H2,1-3H3/t14-,17?/m1/s1. The molecule has 0 radical (unpaired) electrons. The van der Waals surface area contributed by atoms with Crippen LogP contribution in [0.3, 0.4) is 0 Å². The zero-order valence-corrected chi connectivity index (χ0v) is 13.1. The molecule has 1 aliphatic rings. The van der Waals surface area contributed by atoms with Gasteiger partial charge in [0.15, 0.2) is 11.5 Å². The Balaban J connectivity index is 2.39. The lowest BCUT2D eigenvalue weighted by Gasteiger charge is -2.35. The maximum atomic E-state index is 9.75. The summed E-state index contributed by atoms with van der Waals surface area (Å²) >= 11 is 0. The van der Waals surface area contributed by atoms with Crippen molar-refractivity contribution in [2.45, 2.75) is 30.8 Å². The van der Waals surface area contributed by atoms with Gasteiger partial charge in [-0.05, 0) is 50.6 Å². The van der Waals surface area contributed by atoms with Crippen molar-refractivity contribution in [3.8, 4) is 11.5 Å². The molecule has 0 heterocycles. The molecule has 1 aliphatic carbocycles. The molecule has 0 bridgehead atoms. The average molecular weight is 291 g/mol. The van der Waals surface area contributed by atoms with Crippen LogP contribution in [-0.4, -0.2) is 39.0 Å². The molecule has 0 saturated heterocycles. The van der Waals surface area contributed by atoms with Gasteiger partial charge in [0.2, 0.25) is 0 Å². The molecule has 0 aromatic heterocycles. The lowest BCUT2D eigenvalue weighted by Crippen LogP contribution is -2.32. The molecule has 0 saturated carbocycles. The molecule has 116 valence electrons. The maximum Gasteiger partial charge on any atom is 0.161 e. The van der Waals surface area contributed by atoms with Crippen molar-refractivity contribution in [3.05, 3.63) is 35.9 Å². The van der Waals surface area contributed by atoms with Crippen LogP contribution in [0.5, 0.6) is 11.5 Å². The van der Waals surface area contributed by atoms with Crippen molar-refractivity contribution in [3.63, 3.8) is 0 Å². The number of rotatable bonds is 6. The van der Waals surface area contributed by atoms with E-state index in [4.69, 9.17) is 9.47 Å². The fraction of sp³-hybridized carbons (Fsp3) is 0.529. The highest BCUT2D eigenvalue weighted by Crippen LogP contribution is 2.41. The first-order chi connectivity index (χ1) is 10.1. The third-order valence-corrected chi connectivity index (χ3v) is 4.30. The minimum absolute atomic E-state index is 0.0538. The van der Waals surface area contributed by atoms with E-state index < -0.39 is 0 Å². The molecule has 21 heavy (non-hydrogen) atoms. The first-order valence-electron chi connectivity index (χ1n) is 7.40. The molecular formula is C17H25NO3. The normalized spacial score (nSPS) is 24.9. The van der Waals surface area contributed by atoms with Crippen molar-refractivity contribution in [1.29, 1.82) is 0 Å². The SMILES string of the molecule is CNCCC1(c2ccc(OC)c(OC)c2)C=C[C@@H](O)CC1. The van der Waals surface area contributed by atoms with Gasteiger partial charge in [0.25, 0.3) is 0 Å². The van der Waals surface area contributed by atoms with Gasteiger partial charge in [-0.2, -0.15) is 0 Å². The van der Waals surface area contributed by atoms with Gasteiger partial charge in [0.1, 0.15) is 0 Å². The Hall–Kier alpha value is -1.52. The van der Waals surface area contributed by atoms with E-state index >= 15 is 0 Å². The van der Waals surface area contributed by atoms with Crippen molar-refractivity contribution >= 4 is 0 Å². The van der Waals surface area contributed by atoms with Crippen LogP contribution < -0.4 is 14.8 Å². The van der Waals surface area contributed by atoms with Crippen LogP contribution in [0.4, 0.5) is 0 Å². The van der Waals surface area contributed by atoms with Crippen LogP contribution in [0.2, 0.25) is 0 Å². The largest absolute Gasteiger partial charge is 0.493 e. The summed E-state index contributed by atoms with van der Waals surface area (Å²) in [6, 6.07) is 6.10. The number of hydrogen-bond acceptors (Lipinski definition) is 4. The molecule has 2 atom stereocenters. The van der Waals surface area contributed by atoms with Crippen LogP contribution in [0, 0.1) is 0 Å². The Morgan fingerprint density at radius 3 is 2.62 bits per heavy atom. The summed E-state index contributed by atoms with van der Waals surface area (Å²) in [5, 5.41) is 13.0. The van der Waals surface area contributed by atoms with Crippen LogP contribution in [-0.2, 0) is 5.41 Å². The van der Waals surface area contributed by atoms with Gasteiger partial charge in [0.05, 0.1) is 20.3 Å². The minimum atomic E-state index is -0.326. The minimum Gasteiger partial charge on any atom is -0.493 e. The number of aliphatic hydroxyl groups is 1. The zero-order valence-electron chi connectivity index (χ0n) is 13.1. The lowest BCUT2D eigenvalue weighted by atomic mass is 9.70. The van der Waals surface area contributed by atoms with Gasteiger partial charge in [0, 0.05) is 5.41 Å². The molecule has 0 aliphatic heterocycles. The summed E-state index contributed by atoms with van der Waals surface area (Å²) in [4.78, 5) is 0. The number of nitrogens with one attached hydrogen (secondary N) is 1. The third kappa shape index (κ3) is 3.39. The summed E-state index contributed by atoms with van der Waals surface area (Å²) in [7, 11) is 5.26. The monoisotopic (exact) mass is 291 g/mol. The van der Waals surface area contributed by atoms with Gasteiger partial charge < -0.3 is 19.9 Å². The van der Waals surface area contributed by atoms with Crippen LogP contribution in [0.1, 0.15) is 24.8 Å². The number of benzene rings is 1.